The fourth-order valence-corrected chi connectivity index (χ4v) is 1.37. The Morgan fingerprint density at radius 2 is 2.19 bits per heavy atom. The minimum atomic E-state index is 0.422. The van der Waals surface area contributed by atoms with Crippen LogP contribution >= 0.6 is 0 Å². The smallest absolute Gasteiger partial charge is 0.149 e. The largest absolute Gasteiger partial charge is 0.382 e. The molecule has 16 heavy (non-hydrogen) atoms. The number of rotatable bonds is 3. The molecule has 0 radical (unpaired) electrons. The molecule has 2 aromatic rings. The van der Waals surface area contributed by atoms with Gasteiger partial charge in [0.2, 0.25) is 0 Å². The molecular weight excluding hydrogens is 202 g/mol. The number of nitrogens with two attached hydrogens (primary N) is 1. The van der Waals surface area contributed by atoms with E-state index in [9.17, 15) is 0 Å². The van der Waals surface area contributed by atoms with Crippen molar-refractivity contribution in [2.75, 3.05) is 17.7 Å². The number of hydrogen-bond donors (Lipinski definition) is 1. The van der Waals surface area contributed by atoms with Crippen LogP contribution in [0, 0.1) is 0 Å². The maximum absolute atomic E-state index is 5.57. The topological polar surface area (TPSA) is 67.9 Å². The summed E-state index contributed by atoms with van der Waals surface area (Å²) in [5.74, 6) is 1.16. The lowest BCUT2D eigenvalue weighted by molar-refractivity contribution is 0.861. The van der Waals surface area contributed by atoms with Crippen molar-refractivity contribution in [2.45, 2.75) is 6.54 Å². The third-order valence-electron chi connectivity index (χ3n) is 2.16. The van der Waals surface area contributed by atoms with Gasteiger partial charge in [-0.05, 0) is 12.1 Å². The predicted octanol–water partition coefficient (Wildman–Crippen LogP) is 1.09. The summed E-state index contributed by atoms with van der Waals surface area (Å²) in [6.45, 7) is 0.680. The van der Waals surface area contributed by atoms with Crippen LogP contribution in [-0.2, 0) is 6.54 Å². The number of anilines is 2. The first-order valence-corrected chi connectivity index (χ1v) is 4.94. The zero-order chi connectivity index (χ0) is 11.4. The standard InChI is InChI=1S/C11H13N5/c1-16(8-9-4-2-3-5-14-9)11-7-13-6-10(12)15-11/h2-7H,8H2,1H3,(H2,12,15). The summed E-state index contributed by atoms with van der Waals surface area (Å²) in [6.07, 6.45) is 4.98. The maximum atomic E-state index is 5.57. The van der Waals surface area contributed by atoms with Crippen LogP contribution in [0.2, 0.25) is 0 Å². The number of nitrogens with zero attached hydrogens (tertiary/aromatic N) is 4. The van der Waals surface area contributed by atoms with Gasteiger partial charge in [0.25, 0.3) is 0 Å². The molecule has 0 bridgehead atoms. The molecule has 2 aromatic heterocycles. The summed E-state index contributed by atoms with van der Waals surface area (Å²) in [6, 6.07) is 5.82. The van der Waals surface area contributed by atoms with Crippen molar-refractivity contribution in [1.29, 1.82) is 0 Å². The Hall–Kier alpha value is -2.17. The minimum Gasteiger partial charge on any atom is -0.382 e. The van der Waals surface area contributed by atoms with E-state index in [1.165, 1.54) is 6.20 Å². The molecule has 2 heterocycles. The van der Waals surface area contributed by atoms with Gasteiger partial charge < -0.3 is 10.6 Å². The molecule has 0 aliphatic heterocycles. The van der Waals surface area contributed by atoms with Crippen molar-refractivity contribution in [3.63, 3.8) is 0 Å². The molecule has 2 N–H and O–H groups in total. The van der Waals surface area contributed by atoms with Gasteiger partial charge in [-0.15, -0.1) is 0 Å². The lowest BCUT2D eigenvalue weighted by Gasteiger charge is -2.17. The zero-order valence-corrected chi connectivity index (χ0v) is 9.04. The number of nitrogen functional groups attached to an aromatic ring is 1. The fraction of sp³-hybridized carbons (Fsp3) is 0.182. The van der Waals surface area contributed by atoms with Crippen LogP contribution in [0.15, 0.2) is 36.8 Å². The third-order valence-corrected chi connectivity index (χ3v) is 2.16. The molecule has 0 saturated heterocycles. The molecule has 0 saturated carbocycles. The zero-order valence-electron chi connectivity index (χ0n) is 9.04. The highest BCUT2D eigenvalue weighted by atomic mass is 15.2. The Kier molecular flexibility index (Phi) is 2.95. The summed E-state index contributed by atoms with van der Waals surface area (Å²) in [5.41, 5.74) is 6.55. The van der Waals surface area contributed by atoms with Crippen molar-refractivity contribution >= 4 is 11.6 Å². The van der Waals surface area contributed by atoms with Crippen LogP contribution in [0.1, 0.15) is 5.69 Å². The van der Waals surface area contributed by atoms with Gasteiger partial charge in [0.1, 0.15) is 11.6 Å². The van der Waals surface area contributed by atoms with E-state index in [1.807, 2.05) is 30.1 Å². The lowest BCUT2D eigenvalue weighted by Crippen LogP contribution is -2.19. The second-order valence-electron chi connectivity index (χ2n) is 3.48. The van der Waals surface area contributed by atoms with Crippen LogP contribution in [0.4, 0.5) is 11.6 Å². The Balaban J connectivity index is 2.12. The van der Waals surface area contributed by atoms with Gasteiger partial charge in [0, 0.05) is 13.2 Å². The summed E-state index contributed by atoms with van der Waals surface area (Å²) >= 11 is 0. The van der Waals surface area contributed by atoms with Crippen molar-refractivity contribution in [1.82, 2.24) is 15.0 Å². The fourth-order valence-electron chi connectivity index (χ4n) is 1.37. The van der Waals surface area contributed by atoms with Crippen molar-refractivity contribution < 1.29 is 0 Å². The number of hydrogen-bond acceptors (Lipinski definition) is 5. The third kappa shape index (κ3) is 2.44. The summed E-state index contributed by atoms with van der Waals surface area (Å²) in [7, 11) is 1.93. The van der Waals surface area contributed by atoms with Crippen LogP contribution in [-0.4, -0.2) is 22.0 Å². The number of aromatic nitrogens is 3. The van der Waals surface area contributed by atoms with Gasteiger partial charge in [-0.25, -0.2) is 4.98 Å². The molecule has 0 aromatic carbocycles. The average molecular weight is 215 g/mol. The summed E-state index contributed by atoms with van der Waals surface area (Å²) < 4.78 is 0. The highest BCUT2D eigenvalue weighted by Crippen LogP contribution is 2.11. The normalized spacial score (nSPS) is 10.1. The van der Waals surface area contributed by atoms with E-state index >= 15 is 0 Å². The van der Waals surface area contributed by atoms with E-state index in [0.717, 1.165) is 11.5 Å². The van der Waals surface area contributed by atoms with Crippen molar-refractivity contribution in [2.24, 2.45) is 0 Å². The molecule has 0 aliphatic carbocycles. The summed E-state index contributed by atoms with van der Waals surface area (Å²) in [5, 5.41) is 0. The number of pyridine rings is 1. The highest BCUT2D eigenvalue weighted by molar-refractivity contribution is 5.40. The van der Waals surface area contributed by atoms with Crippen molar-refractivity contribution in [3.05, 3.63) is 42.5 Å². The first-order valence-electron chi connectivity index (χ1n) is 4.94. The quantitative estimate of drug-likeness (QED) is 0.830. The second kappa shape index (κ2) is 4.57. The van der Waals surface area contributed by atoms with Crippen LogP contribution < -0.4 is 10.6 Å². The van der Waals surface area contributed by atoms with Crippen LogP contribution in [0.25, 0.3) is 0 Å². The van der Waals surface area contributed by atoms with Gasteiger partial charge in [-0.2, -0.15) is 0 Å². The van der Waals surface area contributed by atoms with E-state index < -0.39 is 0 Å². The molecule has 0 atom stereocenters. The average Bonchev–Trinajstić information content (AvgIpc) is 2.30. The molecule has 0 spiro atoms. The molecule has 2 rings (SSSR count). The molecule has 0 unspecified atom stereocenters. The molecule has 5 nitrogen and oxygen atoms in total. The van der Waals surface area contributed by atoms with Gasteiger partial charge in [0.05, 0.1) is 24.6 Å². The van der Waals surface area contributed by atoms with Gasteiger partial charge >= 0.3 is 0 Å². The lowest BCUT2D eigenvalue weighted by atomic mass is 10.3. The molecule has 0 amide bonds. The molecule has 0 aliphatic rings. The van der Waals surface area contributed by atoms with Crippen LogP contribution in [0.5, 0.6) is 0 Å². The molecule has 82 valence electrons. The SMILES string of the molecule is CN(Cc1ccccn1)c1cncc(N)n1. The Morgan fingerprint density at radius 3 is 2.88 bits per heavy atom. The van der Waals surface area contributed by atoms with Gasteiger partial charge in [-0.1, -0.05) is 6.07 Å². The monoisotopic (exact) mass is 215 g/mol. The van der Waals surface area contributed by atoms with E-state index in [1.54, 1.807) is 12.4 Å². The molecular formula is C11H13N5. The van der Waals surface area contributed by atoms with Crippen molar-refractivity contribution in [3.8, 4) is 0 Å². The van der Waals surface area contributed by atoms with E-state index in [0.29, 0.717) is 12.4 Å². The van der Waals surface area contributed by atoms with Crippen LogP contribution in [0.3, 0.4) is 0 Å². The second-order valence-corrected chi connectivity index (χ2v) is 3.48. The van der Waals surface area contributed by atoms with E-state index in [4.69, 9.17) is 5.73 Å². The Labute approximate surface area is 94.0 Å². The maximum Gasteiger partial charge on any atom is 0.149 e. The highest BCUT2D eigenvalue weighted by Gasteiger charge is 2.04. The molecule has 0 fully saturated rings. The van der Waals surface area contributed by atoms with Gasteiger partial charge in [-0.3, -0.25) is 9.97 Å². The van der Waals surface area contributed by atoms with E-state index in [2.05, 4.69) is 15.0 Å². The van der Waals surface area contributed by atoms with Gasteiger partial charge in [0.15, 0.2) is 0 Å². The van der Waals surface area contributed by atoms with E-state index in [-0.39, 0.29) is 0 Å². The summed E-state index contributed by atoms with van der Waals surface area (Å²) in [4.78, 5) is 14.4. The minimum absolute atomic E-state index is 0.422. The first kappa shape index (κ1) is 10.4. The molecule has 5 heteroatoms. The first-order chi connectivity index (χ1) is 7.75. The Morgan fingerprint density at radius 1 is 1.31 bits per heavy atom. The Bertz CT molecular complexity index is 457. The predicted molar refractivity (Wildman–Crippen MR) is 62.8 cm³/mol.